The Bertz CT molecular complexity index is 1040. The average molecular weight is 393 g/mol. The standard InChI is InChI=1S/C23H24N2O2S/c1-3-7-23(24-25-28(26,27)22-16-10-18(2)11-17-22)21-14-12-20(13-15-21)19-8-5-4-6-9-19/h4-6,8-17,25H,3,7H2,1-2H3. The van der Waals surface area contributed by atoms with Gasteiger partial charge >= 0.3 is 0 Å². The lowest BCUT2D eigenvalue weighted by atomic mass is 10.0. The monoisotopic (exact) mass is 392 g/mol. The Kier molecular flexibility index (Phi) is 6.26. The van der Waals surface area contributed by atoms with E-state index in [1.807, 2.05) is 56.3 Å². The first kappa shape index (κ1) is 19.8. The van der Waals surface area contributed by atoms with Gasteiger partial charge in [0.1, 0.15) is 0 Å². The van der Waals surface area contributed by atoms with Crippen LogP contribution < -0.4 is 4.83 Å². The van der Waals surface area contributed by atoms with Crippen molar-refractivity contribution in [2.75, 3.05) is 0 Å². The number of nitrogens with zero attached hydrogens (tertiary/aromatic N) is 1. The van der Waals surface area contributed by atoms with Crippen molar-refractivity contribution >= 4 is 15.7 Å². The van der Waals surface area contributed by atoms with Crippen LogP contribution in [0.3, 0.4) is 0 Å². The maximum Gasteiger partial charge on any atom is 0.276 e. The summed E-state index contributed by atoms with van der Waals surface area (Å²) in [5, 5.41) is 4.24. The molecule has 0 radical (unpaired) electrons. The molecule has 0 amide bonds. The van der Waals surface area contributed by atoms with E-state index in [9.17, 15) is 8.42 Å². The fraction of sp³-hybridized carbons (Fsp3) is 0.174. The summed E-state index contributed by atoms with van der Waals surface area (Å²) >= 11 is 0. The van der Waals surface area contributed by atoms with Crippen molar-refractivity contribution in [1.82, 2.24) is 4.83 Å². The van der Waals surface area contributed by atoms with E-state index in [0.717, 1.165) is 34.4 Å². The van der Waals surface area contributed by atoms with E-state index in [1.54, 1.807) is 24.3 Å². The molecule has 0 atom stereocenters. The Morgan fingerprint density at radius 1 is 0.857 bits per heavy atom. The molecule has 5 heteroatoms. The Hall–Kier alpha value is -2.92. The SMILES string of the molecule is CCCC(=NNS(=O)(=O)c1ccc(C)cc1)c1ccc(-c2ccccc2)cc1. The summed E-state index contributed by atoms with van der Waals surface area (Å²) in [6.45, 7) is 3.96. The van der Waals surface area contributed by atoms with Crippen LogP contribution in [-0.4, -0.2) is 14.1 Å². The van der Waals surface area contributed by atoms with E-state index in [2.05, 4.69) is 22.1 Å². The minimum atomic E-state index is -3.69. The van der Waals surface area contributed by atoms with Crippen molar-refractivity contribution in [1.29, 1.82) is 0 Å². The number of aryl methyl sites for hydroxylation is 1. The highest BCUT2D eigenvalue weighted by atomic mass is 32.2. The Balaban J connectivity index is 1.83. The highest BCUT2D eigenvalue weighted by molar-refractivity contribution is 7.89. The molecule has 3 aromatic rings. The average Bonchev–Trinajstić information content (AvgIpc) is 2.72. The number of nitrogens with one attached hydrogen (secondary N) is 1. The molecule has 0 saturated carbocycles. The van der Waals surface area contributed by atoms with E-state index in [0.29, 0.717) is 6.42 Å². The quantitative estimate of drug-likeness (QED) is 0.447. The number of rotatable bonds is 7. The van der Waals surface area contributed by atoms with Crippen LogP contribution in [0.25, 0.3) is 11.1 Å². The summed E-state index contributed by atoms with van der Waals surface area (Å²) in [6, 6.07) is 24.9. The molecule has 144 valence electrons. The molecule has 0 aliphatic rings. The third-order valence-electron chi connectivity index (χ3n) is 4.44. The summed E-state index contributed by atoms with van der Waals surface area (Å²) < 4.78 is 25.0. The van der Waals surface area contributed by atoms with Crippen molar-refractivity contribution in [3.05, 3.63) is 90.0 Å². The van der Waals surface area contributed by atoms with E-state index in [-0.39, 0.29) is 4.90 Å². The van der Waals surface area contributed by atoms with E-state index in [1.165, 1.54) is 0 Å². The molecule has 0 bridgehead atoms. The Labute approximate surface area is 167 Å². The summed E-state index contributed by atoms with van der Waals surface area (Å²) in [5.74, 6) is 0. The number of benzene rings is 3. The first-order chi connectivity index (χ1) is 13.5. The molecule has 0 spiro atoms. The second-order valence-electron chi connectivity index (χ2n) is 6.66. The topological polar surface area (TPSA) is 58.5 Å². The lowest BCUT2D eigenvalue weighted by molar-refractivity contribution is 0.584. The van der Waals surface area contributed by atoms with Crippen molar-refractivity contribution in [3.63, 3.8) is 0 Å². The van der Waals surface area contributed by atoms with Crippen LogP contribution in [-0.2, 0) is 10.0 Å². The first-order valence-electron chi connectivity index (χ1n) is 9.30. The van der Waals surface area contributed by atoms with Gasteiger partial charge < -0.3 is 0 Å². The first-order valence-corrected chi connectivity index (χ1v) is 10.8. The van der Waals surface area contributed by atoms with Gasteiger partial charge in [-0.05, 0) is 42.2 Å². The highest BCUT2D eigenvalue weighted by Gasteiger charge is 2.13. The smallest absolute Gasteiger partial charge is 0.200 e. The molecule has 28 heavy (non-hydrogen) atoms. The van der Waals surface area contributed by atoms with Gasteiger partial charge in [0, 0.05) is 0 Å². The molecule has 1 N–H and O–H groups in total. The van der Waals surface area contributed by atoms with Gasteiger partial charge in [0.2, 0.25) is 0 Å². The van der Waals surface area contributed by atoms with Gasteiger partial charge in [0.05, 0.1) is 10.6 Å². The van der Waals surface area contributed by atoms with Crippen molar-refractivity contribution in [2.45, 2.75) is 31.6 Å². The molecule has 3 aromatic carbocycles. The normalized spacial score (nSPS) is 12.0. The molecule has 0 aliphatic carbocycles. The largest absolute Gasteiger partial charge is 0.276 e. The molecule has 0 aromatic heterocycles. The van der Waals surface area contributed by atoms with Gasteiger partial charge in [0.25, 0.3) is 10.0 Å². The van der Waals surface area contributed by atoms with Gasteiger partial charge in [-0.15, -0.1) is 0 Å². The second-order valence-corrected chi connectivity index (χ2v) is 8.32. The summed E-state index contributed by atoms with van der Waals surface area (Å²) in [5.41, 5.74) is 4.89. The van der Waals surface area contributed by atoms with Crippen molar-refractivity contribution in [2.24, 2.45) is 5.10 Å². The summed E-state index contributed by atoms with van der Waals surface area (Å²) in [7, 11) is -3.69. The van der Waals surface area contributed by atoms with Crippen LogP contribution in [0, 0.1) is 6.92 Å². The van der Waals surface area contributed by atoms with Crippen LogP contribution in [0.4, 0.5) is 0 Å². The van der Waals surface area contributed by atoms with Gasteiger partial charge in [-0.3, -0.25) is 0 Å². The van der Waals surface area contributed by atoms with Crippen LogP contribution >= 0.6 is 0 Å². The predicted molar refractivity (Wildman–Crippen MR) is 115 cm³/mol. The molecule has 0 unspecified atom stereocenters. The van der Waals surface area contributed by atoms with Crippen LogP contribution in [0.2, 0.25) is 0 Å². The molecule has 0 heterocycles. The zero-order valence-corrected chi connectivity index (χ0v) is 16.9. The van der Waals surface area contributed by atoms with Crippen LogP contribution in [0.5, 0.6) is 0 Å². The minimum absolute atomic E-state index is 0.206. The Morgan fingerprint density at radius 3 is 2.07 bits per heavy atom. The molecule has 0 saturated heterocycles. The summed E-state index contributed by atoms with van der Waals surface area (Å²) in [4.78, 5) is 2.59. The lowest BCUT2D eigenvalue weighted by Crippen LogP contribution is -2.20. The number of sulfonamides is 1. The fourth-order valence-corrected chi connectivity index (χ4v) is 3.70. The highest BCUT2D eigenvalue weighted by Crippen LogP contribution is 2.20. The fourth-order valence-electron chi connectivity index (χ4n) is 2.87. The molecule has 4 nitrogen and oxygen atoms in total. The van der Waals surface area contributed by atoms with Gasteiger partial charge in [-0.1, -0.05) is 85.6 Å². The zero-order chi connectivity index (χ0) is 20.0. The number of hydrogen-bond acceptors (Lipinski definition) is 3. The third-order valence-corrected chi connectivity index (χ3v) is 5.67. The van der Waals surface area contributed by atoms with Crippen molar-refractivity contribution < 1.29 is 8.42 Å². The lowest BCUT2D eigenvalue weighted by Gasteiger charge is -2.09. The van der Waals surface area contributed by atoms with Gasteiger partial charge in [0.15, 0.2) is 0 Å². The molecular formula is C23H24N2O2S. The Morgan fingerprint density at radius 2 is 1.46 bits per heavy atom. The maximum absolute atomic E-state index is 12.5. The zero-order valence-electron chi connectivity index (χ0n) is 16.1. The molecular weight excluding hydrogens is 368 g/mol. The van der Waals surface area contributed by atoms with Gasteiger partial charge in [-0.2, -0.15) is 18.4 Å². The maximum atomic E-state index is 12.5. The predicted octanol–water partition coefficient (Wildman–Crippen LogP) is 5.14. The molecule has 3 rings (SSSR count). The van der Waals surface area contributed by atoms with E-state index >= 15 is 0 Å². The van der Waals surface area contributed by atoms with Gasteiger partial charge in [-0.25, -0.2) is 0 Å². The number of hydrazone groups is 1. The number of hydrogen-bond donors (Lipinski definition) is 1. The third kappa shape index (κ3) is 4.87. The van der Waals surface area contributed by atoms with Crippen LogP contribution in [0.15, 0.2) is 88.9 Å². The minimum Gasteiger partial charge on any atom is -0.200 e. The van der Waals surface area contributed by atoms with E-state index in [4.69, 9.17) is 0 Å². The van der Waals surface area contributed by atoms with Crippen LogP contribution in [0.1, 0.15) is 30.9 Å². The second kappa shape index (κ2) is 8.85. The molecule has 0 fully saturated rings. The molecule has 0 aliphatic heterocycles. The van der Waals surface area contributed by atoms with E-state index < -0.39 is 10.0 Å². The van der Waals surface area contributed by atoms with Crippen molar-refractivity contribution in [3.8, 4) is 11.1 Å². The summed E-state index contributed by atoms with van der Waals surface area (Å²) in [6.07, 6.45) is 1.55.